The molecule has 0 spiro atoms. The van der Waals surface area contributed by atoms with E-state index < -0.39 is 25.6 Å². The fourth-order valence-corrected chi connectivity index (χ4v) is 15.6. The molecule has 5 N–H and O–H groups in total. The molecule has 7 heterocycles. The van der Waals surface area contributed by atoms with E-state index in [2.05, 4.69) is 81.2 Å². The third-order valence-electron chi connectivity index (χ3n) is 18.7. The molecule has 3 amide bonds. The lowest BCUT2D eigenvalue weighted by atomic mass is 9.83. The van der Waals surface area contributed by atoms with E-state index in [4.69, 9.17) is 9.51 Å². The lowest BCUT2D eigenvalue weighted by Gasteiger charge is -2.49. The second kappa shape index (κ2) is 21.4. The molecule has 5 aliphatic heterocycles. The molecule has 430 valence electrons. The van der Waals surface area contributed by atoms with E-state index in [0.29, 0.717) is 75.1 Å². The van der Waals surface area contributed by atoms with Crippen molar-refractivity contribution in [2.45, 2.75) is 167 Å². The Morgan fingerprint density at radius 2 is 1.61 bits per heavy atom. The van der Waals surface area contributed by atoms with E-state index in [1.807, 2.05) is 40.1 Å². The molecule has 1 unspecified atom stereocenters. The number of hydrogen-bond acceptors (Lipinski definition) is 13. The van der Waals surface area contributed by atoms with Crippen LogP contribution in [-0.4, -0.2) is 149 Å². The van der Waals surface area contributed by atoms with Crippen molar-refractivity contribution in [3.05, 3.63) is 99.7 Å². The highest BCUT2D eigenvalue weighted by molar-refractivity contribution is 7.46. The first kappa shape index (κ1) is 55.9. The molecule has 1 saturated carbocycles. The summed E-state index contributed by atoms with van der Waals surface area (Å²) in [6.45, 7) is 21.8. The zero-order valence-electron chi connectivity index (χ0n) is 47.4. The van der Waals surface area contributed by atoms with Crippen LogP contribution in [0.25, 0.3) is 0 Å². The number of carbonyl (C=O) groups excluding carboxylic acids is 3. The van der Waals surface area contributed by atoms with Crippen LogP contribution >= 0.6 is 7.82 Å². The zero-order valence-corrected chi connectivity index (χ0v) is 48.3. The number of benzene rings is 2. The maximum atomic E-state index is 14.3. The molecule has 0 bridgehead atoms. The number of hydrogen-bond donors (Lipinski definition) is 5. The van der Waals surface area contributed by atoms with E-state index >= 15 is 0 Å². The number of phosphoric ester groups is 1. The number of carbonyl (C=O) groups is 3. The van der Waals surface area contributed by atoms with Crippen LogP contribution in [0.4, 0.5) is 34.4 Å². The van der Waals surface area contributed by atoms with Gasteiger partial charge in [0.1, 0.15) is 11.5 Å². The SMILES string of the molecule is C=CC(=O)Nc1cc(Nc2nc(N3CCC[C@H](N4CCn5c(cc6c5CC(C)(C)C6)C4=O)[C@H]3[C@H](C)O)cn(C)c2=O)ccc1N1CCN(C2CCN(c3cccc4c3CN(C3CCC(C)(OP(=O)(O)O)CC3)C4=O)[C@H](C)C2)C[C@@H]1C. The van der Waals surface area contributed by atoms with Crippen LogP contribution in [0.3, 0.4) is 0 Å². The first-order valence-electron chi connectivity index (χ1n) is 28.8. The average molecular weight is 1120 g/mol. The van der Waals surface area contributed by atoms with Crippen LogP contribution in [0.5, 0.6) is 0 Å². The molecule has 11 rings (SSSR count). The number of amides is 3. The first-order valence-corrected chi connectivity index (χ1v) is 30.4. The lowest BCUT2D eigenvalue weighted by Crippen LogP contribution is -2.62. The van der Waals surface area contributed by atoms with Crippen molar-refractivity contribution in [3.63, 3.8) is 0 Å². The Hall–Kier alpha value is -6.02. The summed E-state index contributed by atoms with van der Waals surface area (Å²) in [4.78, 5) is 92.4. The summed E-state index contributed by atoms with van der Waals surface area (Å²) in [5.74, 6) is 0.243. The molecule has 3 saturated heterocycles. The van der Waals surface area contributed by atoms with Crippen LogP contribution in [0.1, 0.15) is 131 Å². The molecule has 21 heteroatoms. The Kier molecular flexibility index (Phi) is 14.9. The van der Waals surface area contributed by atoms with Gasteiger partial charge in [-0.25, -0.2) is 9.55 Å². The van der Waals surface area contributed by atoms with Gasteiger partial charge in [0.25, 0.3) is 17.4 Å². The second-order valence-corrected chi connectivity index (χ2v) is 26.1. The minimum absolute atomic E-state index is 0.00612. The normalized spacial score (nSPS) is 27.4. The van der Waals surface area contributed by atoms with Crippen LogP contribution in [0, 0.1) is 5.41 Å². The van der Waals surface area contributed by atoms with E-state index in [0.717, 1.165) is 92.9 Å². The molecule has 6 atom stereocenters. The summed E-state index contributed by atoms with van der Waals surface area (Å²) < 4.78 is 20.5. The number of nitrogens with zero attached hydrogens (tertiary/aromatic N) is 9. The maximum absolute atomic E-state index is 14.3. The van der Waals surface area contributed by atoms with E-state index in [1.54, 1.807) is 27.1 Å². The van der Waals surface area contributed by atoms with Gasteiger partial charge in [0.2, 0.25) is 5.91 Å². The predicted molar refractivity (Wildman–Crippen MR) is 309 cm³/mol. The Labute approximate surface area is 469 Å². The molecule has 0 radical (unpaired) electrons. The average Bonchev–Trinajstić information content (AvgIpc) is 4.25. The third kappa shape index (κ3) is 10.7. The number of nitrogens with one attached hydrogen (secondary N) is 2. The summed E-state index contributed by atoms with van der Waals surface area (Å²) >= 11 is 0. The van der Waals surface area contributed by atoms with Crippen LogP contribution in [-0.2, 0) is 46.9 Å². The monoisotopic (exact) mass is 1120 g/mol. The lowest BCUT2D eigenvalue weighted by molar-refractivity contribution is -0.111. The summed E-state index contributed by atoms with van der Waals surface area (Å²) in [6, 6.07) is 13.7. The van der Waals surface area contributed by atoms with Gasteiger partial charge in [-0.15, -0.1) is 0 Å². The number of piperazine rings is 1. The van der Waals surface area contributed by atoms with Crippen molar-refractivity contribution in [1.29, 1.82) is 0 Å². The molecule has 20 nitrogen and oxygen atoms in total. The minimum Gasteiger partial charge on any atom is -0.391 e. The molecular formula is C59H80N11O9P. The van der Waals surface area contributed by atoms with Crippen molar-refractivity contribution in [1.82, 2.24) is 28.8 Å². The fraction of sp³-hybridized carbons (Fsp3) is 0.576. The van der Waals surface area contributed by atoms with Gasteiger partial charge in [-0.1, -0.05) is 26.5 Å². The predicted octanol–water partition coefficient (Wildman–Crippen LogP) is 6.78. The molecular weight excluding hydrogens is 1040 g/mol. The van der Waals surface area contributed by atoms with Gasteiger partial charge in [0.05, 0.1) is 35.2 Å². The maximum Gasteiger partial charge on any atom is 0.470 e. The Morgan fingerprint density at radius 1 is 0.863 bits per heavy atom. The standard InChI is InChI=1S/C59H80N11O9P/c1-9-52(72)61-45-30-40(60-54-57(75)63(8)35-51(62-54)69-22-11-14-48(53(69)38(4)71)68-27-26-67-49(56(68)74)29-39-31-58(5,6)32-50(39)67)15-16-47(45)66-25-24-64(33-37(66)3)42-19-23-65(36(2)28-42)46-13-10-12-43-44(46)34-70(55(43)73)41-17-20-59(7,21-18-41)79-80(76,77)78/h9-10,12-13,15-16,29-30,35-38,41-42,48,53,71H,1,11,14,17-28,31-34H2,2-8H3,(H,60,62)(H,61,72)(H2,76,77,78)/t36-,37+,38+,41?,42?,48+,53-,59?/m1/s1. The molecule has 2 aromatic carbocycles. The third-order valence-corrected chi connectivity index (χ3v) is 19.3. The first-order chi connectivity index (χ1) is 38.0. The van der Waals surface area contributed by atoms with Gasteiger partial charge in [0, 0.05) is 118 Å². The van der Waals surface area contributed by atoms with Crippen molar-refractivity contribution in [2.24, 2.45) is 12.5 Å². The van der Waals surface area contributed by atoms with Crippen molar-refractivity contribution in [3.8, 4) is 0 Å². The largest absolute Gasteiger partial charge is 0.470 e. The molecule has 2 aromatic heterocycles. The quantitative estimate of drug-likeness (QED) is 0.0688. The van der Waals surface area contributed by atoms with Gasteiger partial charge in [-0.2, -0.15) is 0 Å². The number of aliphatic hydroxyl groups excluding tert-OH is 1. The van der Waals surface area contributed by atoms with Gasteiger partial charge < -0.3 is 59.2 Å². The summed E-state index contributed by atoms with van der Waals surface area (Å²) in [5, 5.41) is 17.8. The minimum atomic E-state index is -4.63. The Balaban J connectivity index is 0.751. The fourth-order valence-electron chi connectivity index (χ4n) is 14.8. The Morgan fingerprint density at radius 3 is 2.33 bits per heavy atom. The molecule has 80 heavy (non-hydrogen) atoms. The van der Waals surface area contributed by atoms with Gasteiger partial charge >= 0.3 is 7.82 Å². The topological polar surface area (TPSA) is 222 Å². The number of phosphoric acid groups is 1. The highest BCUT2D eigenvalue weighted by atomic mass is 31.2. The van der Waals surface area contributed by atoms with Crippen molar-refractivity contribution < 1.29 is 38.4 Å². The number of rotatable bonds is 13. The smallest absolute Gasteiger partial charge is 0.391 e. The van der Waals surface area contributed by atoms with Gasteiger partial charge in [-0.05, 0) is 145 Å². The van der Waals surface area contributed by atoms with Crippen LogP contribution < -0.4 is 30.9 Å². The van der Waals surface area contributed by atoms with E-state index in [1.165, 1.54) is 21.9 Å². The van der Waals surface area contributed by atoms with Crippen molar-refractivity contribution >= 4 is 59.9 Å². The number of piperidine rings is 2. The molecule has 4 fully saturated rings. The highest BCUT2D eigenvalue weighted by Gasteiger charge is 2.46. The van der Waals surface area contributed by atoms with Crippen LogP contribution in [0.2, 0.25) is 0 Å². The molecule has 4 aromatic rings. The summed E-state index contributed by atoms with van der Waals surface area (Å²) in [7, 11) is -2.95. The van der Waals surface area contributed by atoms with E-state index in [9.17, 15) is 38.6 Å². The van der Waals surface area contributed by atoms with E-state index in [-0.39, 0.29) is 58.7 Å². The number of anilines is 6. The number of fused-ring (bicyclic) bond motifs is 4. The number of aryl methyl sites for hydroxylation is 1. The van der Waals surface area contributed by atoms with Gasteiger partial charge in [0.15, 0.2) is 5.82 Å². The highest BCUT2D eigenvalue weighted by Crippen LogP contribution is 2.48. The van der Waals surface area contributed by atoms with Crippen LogP contribution in [0.15, 0.2) is 66.1 Å². The zero-order chi connectivity index (χ0) is 56.7. The molecule has 7 aliphatic rings. The second-order valence-electron chi connectivity index (χ2n) is 25.0. The number of aromatic nitrogens is 3. The van der Waals surface area contributed by atoms with Gasteiger partial charge in [-0.3, -0.25) is 28.6 Å². The Bertz CT molecular complexity index is 3200. The summed E-state index contributed by atoms with van der Waals surface area (Å²) in [6.07, 6.45) is 9.58. The summed E-state index contributed by atoms with van der Waals surface area (Å²) in [5.41, 5.74) is 7.01. The van der Waals surface area contributed by atoms with Crippen molar-refractivity contribution in [2.75, 3.05) is 64.6 Å². The molecule has 2 aliphatic carbocycles. The number of aliphatic hydroxyl groups is 1.